The summed E-state index contributed by atoms with van der Waals surface area (Å²) in [5.41, 5.74) is 1.01. The van der Waals surface area contributed by atoms with Gasteiger partial charge in [0, 0.05) is 29.8 Å². The van der Waals surface area contributed by atoms with Crippen LogP contribution >= 0.6 is 11.6 Å². The van der Waals surface area contributed by atoms with Crippen molar-refractivity contribution >= 4 is 38.2 Å². The SMILES string of the molecule is CB(O)OCC1(CCO)C[C@@H](Cc2ccc(-c3cc(Cl)ccc3F)cc2)N(BC=O)C1=O. The van der Waals surface area contributed by atoms with Gasteiger partial charge in [0.05, 0.1) is 5.41 Å². The number of hydrogen-bond acceptors (Lipinski definition) is 5. The van der Waals surface area contributed by atoms with E-state index in [1.165, 1.54) is 23.8 Å². The van der Waals surface area contributed by atoms with Gasteiger partial charge < -0.3 is 24.4 Å². The standard InChI is InChI=1S/C22H25B2ClFNO5/c1-24(31)32-13-22(8-9-28)12-18(27(21(22)30)23-14-29)10-15-2-4-16(5-3-15)19-11-17(25)6-7-20(19)26/h2-7,11,14,18,23,28,31H,8-10,12-13H2,1H3/t18-,22?/m1/s1. The van der Waals surface area contributed by atoms with Gasteiger partial charge in [-0.3, -0.25) is 4.79 Å². The molecular weight excluding hydrogens is 434 g/mol. The topological polar surface area (TPSA) is 87.1 Å². The predicted octanol–water partition coefficient (Wildman–Crippen LogP) is 2.33. The molecule has 1 fully saturated rings. The summed E-state index contributed by atoms with van der Waals surface area (Å²) in [6.07, 6.45) is 1.73. The zero-order valence-electron chi connectivity index (χ0n) is 17.8. The van der Waals surface area contributed by atoms with Crippen LogP contribution in [0.15, 0.2) is 42.5 Å². The van der Waals surface area contributed by atoms with E-state index in [0.717, 1.165) is 5.56 Å². The Balaban J connectivity index is 1.82. The molecule has 1 aliphatic heterocycles. The van der Waals surface area contributed by atoms with Crippen LogP contribution in [0.1, 0.15) is 18.4 Å². The van der Waals surface area contributed by atoms with Gasteiger partial charge in [0.2, 0.25) is 5.91 Å². The van der Waals surface area contributed by atoms with Crippen LogP contribution in [0.4, 0.5) is 4.39 Å². The van der Waals surface area contributed by atoms with Crippen LogP contribution in [-0.2, 0) is 20.7 Å². The number of halogens is 2. The van der Waals surface area contributed by atoms with Crippen molar-refractivity contribution in [2.45, 2.75) is 32.1 Å². The minimum Gasteiger partial charge on any atom is -0.427 e. The molecule has 168 valence electrons. The first-order valence-corrected chi connectivity index (χ1v) is 10.9. The van der Waals surface area contributed by atoms with E-state index in [4.69, 9.17) is 16.3 Å². The number of rotatable bonds is 10. The zero-order chi connectivity index (χ0) is 23.3. The van der Waals surface area contributed by atoms with Crippen molar-refractivity contribution in [1.82, 2.24) is 4.81 Å². The van der Waals surface area contributed by atoms with Gasteiger partial charge in [-0.15, -0.1) is 0 Å². The molecule has 10 heteroatoms. The monoisotopic (exact) mass is 459 g/mol. The molecule has 2 aromatic carbocycles. The summed E-state index contributed by atoms with van der Waals surface area (Å²) in [6.45, 7) is 1.20. The van der Waals surface area contributed by atoms with Crippen LogP contribution in [-0.4, -0.2) is 60.8 Å². The lowest BCUT2D eigenvalue weighted by atomic mass is 9.80. The number of hydrogen-bond donors (Lipinski definition) is 2. The van der Waals surface area contributed by atoms with Crippen LogP contribution in [0.5, 0.6) is 0 Å². The second-order valence-corrected chi connectivity index (χ2v) is 8.61. The minimum absolute atomic E-state index is 0.0388. The highest BCUT2D eigenvalue weighted by atomic mass is 35.5. The molecule has 0 aliphatic carbocycles. The molecule has 2 aromatic rings. The highest BCUT2D eigenvalue weighted by Crippen LogP contribution is 2.40. The van der Waals surface area contributed by atoms with E-state index < -0.39 is 12.5 Å². The number of nitrogens with zero attached hydrogens (tertiary/aromatic N) is 1. The van der Waals surface area contributed by atoms with Gasteiger partial charge >= 0.3 is 14.5 Å². The van der Waals surface area contributed by atoms with E-state index >= 15 is 0 Å². The van der Waals surface area contributed by atoms with Gasteiger partial charge in [-0.1, -0.05) is 35.9 Å². The van der Waals surface area contributed by atoms with E-state index in [1.807, 2.05) is 12.1 Å². The van der Waals surface area contributed by atoms with E-state index in [0.29, 0.717) is 35.2 Å². The lowest BCUT2D eigenvalue weighted by molar-refractivity contribution is -0.135. The van der Waals surface area contributed by atoms with Crippen LogP contribution in [0.2, 0.25) is 11.8 Å². The Labute approximate surface area is 192 Å². The Morgan fingerprint density at radius 2 is 2.06 bits per heavy atom. The van der Waals surface area contributed by atoms with E-state index in [9.17, 15) is 24.1 Å². The van der Waals surface area contributed by atoms with Crippen LogP contribution in [0, 0.1) is 11.2 Å². The molecule has 1 unspecified atom stereocenters. The van der Waals surface area contributed by atoms with Gasteiger partial charge in [-0.2, -0.15) is 0 Å². The van der Waals surface area contributed by atoms with E-state index in [2.05, 4.69) is 0 Å². The largest absolute Gasteiger partial charge is 0.450 e. The van der Waals surface area contributed by atoms with E-state index in [1.54, 1.807) is 18.2 Å². The molecular formula is C22H25B2ClFNO5. The summed E-state index contributed by atoms with van der Waals surface area (Å²) in [6, 6.07) is 11.4. The van der Waals surface area contributed by atoms with Crippen molar-refractivity contribution in [3.63, 3.8) is 0 Å². The normalized spacial score (nSPS) is 20.5. The molecule has 1 aliphatic rings. The van der Waals surface area contributed by atoms with Crippen molar-refractivity contribution in [2.24, 2.45) is 5.41 Å². The van der Waals surface area contributed by atoms with Crippen molar-refractivity contribution < 1.29 is 28.8 Å². The maximum absolute atomic E-state index is 14.2. The molecule has 1 heterocycles. The minimum atomic E-state index is -1.05. The number of carbonyl (C=O) groups is 2. The first-order chi connectivity index (χ1) is 15.3. The van der Waals surface area contributed by atoms with Crippen LogP contribution in [0.3, 0.4) is 0 Å². The van der Waals surface area contributed by atoms with Crippen molar-refractivity contribution in [2.75, 3.05) is 13.2 Å². The predicted molar refractivity (Wildman–Crippen MR) is 124 cm³/mol. The average Bonchev–Trinajstić information content (AvgIpc) is 3.01. The number of aliphatic hydroxyl groups is 1. The molecule has 0 aromatic heterocycles. The van der Waals surface area contributed by atoms with Gasteiger partial charge in [-0.25, -0.2) is 4.39 Å². The Kier molecular flexibility index (Phi) is 8.11. The third-order valence-electron chi connectivity index (χ3n) is 5.91. The molecule has 2 atom stereocenters. The molecule has 3 rings (SSSR count). The molecule has 2 N–H and O–H groups in total. The molecule has 32 heavy (non-hydrogen) atoms. The number of amides is 1. The number of benzene rings is 2. The number of carbonyl (C=O) groups excluding carboxylic acids is 2. The third kappa shape index (κ3) is 5.41. The maximum atomic E-state index is 14.2. The fraction of sp³-hybridized carbons (Fsp3) is 0.364. The lowest BCUT2D eigenvalue weighted by Gasteiger charge is -2.27. The summed E-state index contributed by atoms with van der Waals surface area (Å²) >= 11 is 5.99. The van der Waals surface area contributed by atoms with Gasteiger partial charge in [-0.05, 0) is 55.4 Å². The second kappa shape index (κ2) is 10.6. The fourth-order valence-corrected chi connectivity index (χ4v) is 4.49. The molecule has 6 nitrogen and oxygen atoms in total. The summed E-state index contributed by atoms with van der Waals surface area (Å²) in [5, 5.41) is 19.5. The maximum Gasteiger partial charge on any atom is 0.450 e. The van der Waals surface area contributed by atoms with Gasteiger partial charge in [0.25, 0.3) is 0 Å². The summed E-state index contributed by atoms with van der Waals surface area (Å²) in [5.74, 6) is -0.630. The quantitative estimate of drug-likeness (QED) is 0.421. The van der Waals surface area contributed by atoms with Crippen molar-refractivity contribution in [3.05, 3.63) is 58.9 Å². The molecule has 0 radical (unpaired) electrons. The lowest BCUT2D eigenvalue weighted by Crippen LogP contribution is -2.43. The fourth-order valence-electron chi connectivity index (χ4n) is 4.32. The molecule has 0 bridgehead atoms. The Bertz CT molecular complexity index is 962. The van der Waals surface area contributed by atoms with E-state index in [-0.39, 0.29) is 44.8 Å². The Morgan fingerprint density at radius 1 is 1.34 bits per heavy atom. The number of aliphatic hydroxyl groups excluding tert-OH is 1. The first kappa shape index (κ1) is 24.5. The highest BCUT2D eigenvalue weighted by Gasteiger charge is 2.51. The molecule has 1 amide bonds. The van der Waals surface area contributed by atoms with Crippen molar-refractivity contribution in [3.8, 4) is 11.1 Å². The second-order valence-electron chi connectivity index (χ2n) is 8.17. The molecule has 0 spiro atoms. The Morgan fingerprint density at radius 3 is 2.69 bits per heavy atom. The van der Waals surface area contributed by atoms with Crippen LogP contribution in [0.25, 0.3) is 11.1 Å². The summed E-state index contributed by atoms with van der Waals surface area (Å²) in [4.78, 5) is 25.9. The molecule has 1 saturated heterocycles. The zero-order valence-corrected chi connectivity index (χ0v) is 18.6. The smallest absolute Gasteiger partial charge is 0.427 e. The van der Waals surface area contributed by atoms with Gasteiger partial charge in [0.1, 0.15) is 12.0 Å². The van der Waals surface area contributed by atoms with Crippen LogP contribution < -0.4 is 0 Å². The third-order valence-corrected chi connectivity index (χ3v) is 6.14. The first-order valence-electron chi connectivity index (χ1n) is 10.5. The Hall–Kier alpha value is -2.19. The van der Waals surface area contributed by atoms with Crippen molar-refractivity contribution in [1.29, 1.82) is 0 Å². The summed E-state index contributed by atoms with van der Waals surface area (Å²) < 4.78 is 19.5. The average molecular weight is 460 g/mol. The highest BCUT2D eigenvalue weighted by molar-refractivity contribution is 6.66. The summed E-state index contributed by atoms with van der Waals surface area (Å²) in [7, 11) is -1.10. The van der Waals surface area contributed by atoms with Gasteiger partial charge in [0.15, 0.2) is 0 Å². The molecule has 0 saturated carbocycles.